The molecule has 2 aromatic heterocycles. The first-order valence-corrected chi connectivity index (χ1v) is 6.03. The second kappa shape index (κ2) is 4.34. The zero-order chi connectivity index (χ0) is 13.4. The predicted molar refractivity (Wildman–Crippen MR) is 68.6 cm³/mol. The lowest BCUT2D eigenvalue weighted by Crippen LogP contribution is -2.22. The zero-order valence-corrected chi connectivity index (χ0v) is 10.1. The summed E-state index contributed by atoms with van der Waals surface area (Å²) in [5.74, 6) is -0.685. The van der Waals surface area contributed by atoms with Gasteiger partial charge in [0.25, 0.3) is 0 Å². The van der Waals surface area contributed by atoms with Crippen LogP contribution in [-0.2, 0) is 0 Å². The second-order valence-corrected chi connectivity index (χ2v) is 4.46. The number of hydrogen-bond donors (Lipinski definition) is 2. The number of aromatic amines is 1. The Morgan fingerprint density at radius 1 is 1.37 bits per heavy atom. The molecule has 0 aliphatic carbocycles. The quantitative estimate of drug-likeness (QED) is 0.821. The number of rotatable bonds is 2. The van der Waals surface area contributed by atoms with Crippen molar-refractivity contribution in [2.24, 2.45) is 0 Å². The molecule has 19 heavy (non-hydrogen) atoms. The highest BCUT2D eigenvalue weighted by Crippen LogP contribution is 2.16. The Bertz CT molecular complexity index is 704. The van der Waals surface area contributed by atoms with E-state index in [2.05, 4.69) is 15.0 Å². The van der Waals surface area contributed by atoms with Crippen LogP contribution in [0.1, 0.15) is 23.2 Å². The van der Waals surface area contributed by atoms with Crippen molar-refractivity contribution in [3.8, 4) is 0 Å². The lowest BCUT2D eigenvalue weighted by Gasteiger charge is -2.14. The highest BCUT2D eigenvalue weighted by molar-refractivity contribution is 5.91. The molecule has 2 aromatic rings. The first-order chi connectivity index (χ1) is 9.16. The highest BCUT2D eigenvalue weighted by atomic mass is 16.4. The number of carbonyl (C=O) groups is 1. The molecule has 0 unspecified atom stereocenters. The van der Waals surface area contributed by atoms with Crippen molar-refractivity contribution < 1.29 is 9.90 Å². The summed E-state index contributed by atoms with van der Waals surface area (Å²) in [7, 11) is 0. The fourth-order valence-corrected chi connectivity index (χ4v) is 2.23. The van der Waals surface area contributed by atoms with E-state index in [0.29, 0.717) is 11.6 Å². The molecule has 1 saturated heterocycles. The average molecular weight is 260 g/mol. The van der Waals surface area contributed by atoms with E-state index in [-0.39, 0.29) is 10.9 Å². The smallest absolute Gasteiger partial charge is 0.341 e. The molecule has 0 saturated carbocycles. The number of aromatic carboxylic acids is 1. The van der Waals surface area contributed by atoms with E-state index >= 15 is 0 Å². The normalized spacial score (nSPS) is 15.1. The van der Waals surface area contributed by atoms with Gasteiger partial charge in [0, 0.05) is 25.5 Å². The van der Waals surface area contributed by atoms with Crippen LogP contribution in [0.4, 0.5) is 5.95 Å². The van der Waals surface area contributed by atoms with Crippen LogP contribution in [0, 0.1) is 0 Å². The monoisotopic (exact) mass is 260 g/mol. The van der Waals surface area contributed by atoms with Crippen molar-refractivity contribution in [2.75, 3.05) is 18.0 Å². The number of carboxylic acids is 1. The molecule has 1 fully saturated rings. The predicted octanol–water partition coefficient (Wildman–Crippen LogP) is 0.616. The minimum atomic E-state index is -1.26. The van der Waals surface area contributed by atoms with E-state index < -0.39 is 11.4 Å². The Morgan fingerprint density at radius 2 is 2.11 bits per heavy atom. The Balaban J connectivity index is 2.12. The number of aromatic nitrogens is 3. The molecular formula is C12H12N4O3. The number of fused-ring (bicyclic) bond motifs is 1. The molecule has 98 valence electrons. The summed E-state index contributed by atoms with van der Waals surface area (Å²) >= 11 is 0. The SMILES string of the molecule is O=C(O)c1c[nH]c2nc(N3CCCC3)ncc2c1=O. The topological polar surface area (TPSA) is 99.2 Å². The van der Waals surface area contributed by atoms with Gasteiger partial charge in [-0.2, -0.15) is 4.98 Å². The molecule has 1 aliphatic heterocycles. The summed E-state index contributed by atoms with van der Waals surface area (Å²) in [4.78, 5) is 36.0. The maximum Gasteiger partial charge on any atom is 0.341 e. The molecule has 0 amide bonds. The number of carboxylic acid groups (broad SMARTS) is 1. The number of pyridine rings is 1. The Labute approximate surface area is 107 Å². The Hall–Kier alpha value is -2.44. The molecule has 0 bridgehead atoms. The standard InChI is InChI=1S/C12H12N4O3/c17-9-7-5-14-12(16-3-1-2-4-16)15-10(7)13-6-8(9)11(18)19/h5-6H,1-4H2,(H,18,19)(H,13,14,15,17). The van der Waals surface area contributed by atoms with Gasteiger partial charge < -0.3 is 15.0 Å². The van der Waals surface area contributed by atoms with Gasteiger partial charge in [0.2, 0.25) is 11.4 Å². The maximum absolute atomic E-state index is 11.9. The Kier molecular flexibility index (Phi) is 2.66. The molecule has 7 nitrogen and oxygen atoms in total. The lowest BCUT2D eigenvalue weighted by atomic mass is 10.2. The van der Waals surface area contributed by atoms with Gasteiger partial charge in [-0.3, -0.25) is 4.79 Å². The van der Waals surface area contributed by atoms with Gasteiger partial charge in [-0.25, -0.2) is 9.78 Å². The number of nitrogens with one attached hydrogen (secondary N) is 1. The molecule has 0 spiro atoms. The zero-order valence-electron chi connectivity index (χ0n) is 10.1. The average Bonchev–Trinajstić information content (AvgIpc) is 2.92. The van der Waals surface area contributed by atoms with E-state index in [1.54, 1.807) is 0 Å². The number of anilines is 1. The Morgan fingerprint density at radius 3 is 2.79 bits per heavy atom. The van der Waals surface area contributed by atoms with Gasteiger partial charge in [0.1, 0.15) is 11.2 Å². The molecule has 7 heteroatoms. The van der Waals surface area contributed by atoms with Crippen LogP contribution in [0.15, 0.2) is 17.2 Å². The third kappa shape index (κ3) is 1.92. The van der Waals surface area contributed by atoms with Crippen LogP contribution in [-0.4, -0.2) is 39.1 Å². The van der Waals surface area contributed by atoms with Crippen LogP contribution in [0.3, 0.4) is 0 Å². The van der Waals surface area contributed by atoms with Gasteiger partial charge in [-0.05, 0) is 12.8 Å². The van der Waals surface area contributed by atoms with E-state index in [9.17, 15) is 9.59 Å². The van der Waals surface area contributed by atoms with Crippen molar-refractivity contribution in [2.45, 2.75) is 12.8 Å². The summed E-state index contributed by atoms with van der Waals surface area (Å²) < 4.78 is 0. The van der Waals surface area contributed by atoms with Crippen LogP contribution < -0.4 is 10.3 Å². The molecule has 0 aromatic carbocycles. The molecule has 3 heterocycles. The fourth-order valence-electron chi connectivity index (χ4n) is 2.23. The van der Waals surface area contributed by atoms with Crippen molar-refractivity contribution in [1.82, 2.24) is 15.0 Å². The highest BCUT2D eigenvalue weighted by Gasteiger charge is 2.17. The molecule has 1 aliphatic rings. The van der Waals surface area contributed by atoms with E-state index in [1.165, 1.54) is 12.4 Å². The summed E-state index contributed by atoms with van der Waals surface area (Å²) in [6, 6.07) is 0. The van der Waals surface area contributed by atoms with Gasteiger partial charge in [-0.15, -0.1) is 0 Å². The lowest BCUT2D eigenvalue weighted by molar-refractivity contribution is 0.0695. The summed E-state index contributed by atoms with van der Waals surface area (Å²) in [5, 5.41) is 9.08. The second-order valence-electron chi connectivity index (χ2n) is 4.46. The van der Waals surface area contributed by atoms with Gasteiger partial charge in [0.15, 0.2) is 0 Å². The molecule has 0 atom stereocenters. The van der Waals surface area contributed by atoms with Crippen LogP contribution in [0.25, 0.3) is 11.0 Å². The molecule has 0 radical (unpaired) electrons. The number of nitrogens with zero attached hydrogens (tertiary/aromatic N) is 3. The van der Waals surface area contributed by atoms with Crippen molar-refractivity contribution >= 4 is 23.0 Å². The van der Waals surface area contributed by atoms with E-state index in [1.807, 2.05) is 4.90 Å². The third-order valence-electron chi connectivity index (χ3n) is 3.24. The van der Waals surface area contributed by atoms with Crippen LogP contribution in [0.2, 0.25) is 0 Å². The summed E-state index contributed by atoms with van der Waals surface area (Å²) in [6.07, 6.45) is 4.78. The minimum Gasteiger partial charge on any atom is -0.477 e. The van der Waals surface area contributed by atoms with E-state index in [4.69, 9.17) is 5.11 Å². The molecule has 3 rings (SSSR count). The molecular weight excluding hydrogens is 248 g/mol. The largest absolute Gasteiger partial charge is 0.477 e. The van der Waals surface area contributed by atoms with Crippen molar-refractivity contribution in [3.63, 3.8) is 0 Å². The maximum atomic E-state index is 11.9. The number of H-pyrrole nitrogens is 1. The minimum absolute atomic E-state index is 0.197. The van der Waals surface area contributed by atoms with Crippen LogP contribution in [0.5, 0.6) is 0 Å². The summed E-state index contributed by atoms with van der Waals surface area (Å²) in [5.41, 5.74) is -0.494. The number of hydrogen-bond acceptors (Lipinski definition) is 5. The first-order valence-electron chi connectivity index (χ1n) is 6.03. The third-order valence-corrected chi connectivity index (χ3v) is 3.24. The van der Waals surface area contributed by atoms with E-state index in [0.717, 1.165) is 25.9 Å². The molecule has 2 N–H and O–H groups in total. The summed E-state index contributed by atoms with van der Waals surface area (Å²) in [6.45, 7) is 1.81. The van der Waals surface area contributed by atoms with Gasteiger partial charge in [0.05, 0.1) is 5.39 Å². The van der Waals surface area contributed by atoms with Gasteiger partial charge in [-0.1, -0.05) is 0 Å². The first kappa shape index (κ1) is 11.6. The van der Waals surface area contributed by atoms with Crippen molar-refractivity contribution in [3.05, 3.63) is 28.2 Å². The fraction of sp³-hybridized carbons (Fsp3) is 0.333. The van der Waals surface area contributed by atoms with Crippen LogP contribution >= 0.6 is 0 Å². The van der Waals surface area contributed by atoms with Crippen molar-refractivity contribution in [1.29, 1.82) is 0 Å². The van der Waals surface area contributed by atoms with Gasteiger partial charge >= 0.3 is 5.97 Å².